The standard InChI is InChI=1S/C15H15FN2O2S/c1-20-11-3-5-12(6-4-11)21-9-15(19)18-14-8-10(16)2-7-13(14)17/h2-8H,9,17H2,1H3,(H,18,19). The van der Waals surface area contributed by atoms with Gasteiger partial charge in [0.15, 0.2) is 0 Å². The van der Waals surface area contributed by atoms with Crippen LogP contribution in [0.4, 0.5) is 15.8 Å². The number of anilines is 2. The van der Waals surface area contributed by atoms with Crippen LogP contribution in [0.3, 0.4) is 0 Å². The summed E-state index contributed by atoms with van der Waals surface area (Å²) in [6, 6.07) is 11.3. The quantitative estimate of drug-likeness (QED) is 0.658. The average molecular weight is 306 g/mol. The van der Waals surface area contributed by atoms with Crippen molar-refractivity contribution in [1.82, 2.24) is 0 Å². The normalized spacial score (nSPS) is 10.2. The first-order chi connectivity index (χ1) is 10.1. The number of rotatable bonds is 5. The van der Waals surface area contributed by atoms with E-state index in [0.717, 1.165) is 10.6 Å². The van der Waals surface area contributed by atoms with E-state index in [2.05, 4.69) is 5.32 Å². The number of ether oxygens (including phenoxy) is 1. The number of benzene rings is 2. The molecule has 110 valence electrons. The summed E-state index contributed by atoms with van der Waals surface area (Å²) in [5.41, 5.74) is 6.29. The Morgan fingerprint density at radius 1 is 1.29 bits per heavy atom. The Morgan fingerprint density at radius 3 is 2.67 bits per heavy atom. The molecule has 0 radical (unpaired) electrons. The van der Waals surface area contributed by atoms with Crippen LogP contribution in [0.2, 0.25) is 0 Å². The third-order valence-corrected chi connectivity index (χ3v) is 3.73. The first-order valence-corrected chi connectivity index (χ1v) is 7.19. The van der Waals surface area contributed by atoms with Crippen LogP contribution < -0.4 is 15.8 Å². The Balaban J connectivity index is 1.91. The molecule has 0 saturated carbocycles. The maximum Gasteiger partial charge on any atom is 0.234 e. The number of nitrogen functional groups attached to an aromatic ring is 1. The lowest BCUT2D eigenvalue weighted by Gasteiger charge is -2.08. The maximum atomic E-state index is 13.1. The topological polar surface area (TPSA) is 64.3 Å². The third-order valence-electron chi connectivity index (χ3n) is 2.72. The van der Waals surface area contributed by atoms with Crippen molar-refractivity contribution < 1.29 is 13.9 Å². The first-order valence-electron chi connectivity index (χ1n) is 6.20. The van der Waals surface area contributed by atoms with E-state index in [-0.39, 0.29) is 17.3 Å². The number of amides is 1. The number of nitrogens with two attached hydrogens (primary N) is 1. The molecule has 0 atom stereocenters. The molecule has 0 saturated heterocycles. The van der Waals surface area contributed by atoms with Gasteiger partial charge >= 0.3 is 0 Å². The van der Waals surface area contributed by atoms with Gasteiger partial charge in [0.05, 0.1) is 24.2 Å². The average Bonchev–Trinajstić information content (AvgIpc) is 2.49. The van der Waals surface area contributed by atoms with Crippen molar-refractivity contribution in [3.05, 3.63) is 48.3 Å². The van der Waals surface area contributed by atoms with Gasteiger partial charge in [-0.2, -0.15) is 0 Å². The van der Waals surface area contributed by atoms with E-state index in [9.17, 15) is 9.18 Å². The molecular formula is C15H15FN2O2S. The van der Waals surface area contributed by atoms with Crippen LogP contribution in [-0.2, 0) is 4.79 Å². The van der Waals surface area contributed by atoms with Crippen molar-refractivity contribution in [3.63, 3.8) is 0 Å². The van der Waals surface area contributed by atoms with Crippen molar-refractivity contribution in [2.75, 3.05) is 23.9 Å². The summed E-state index contributed by atoms with van der Waals surface area (Å²) in [6.07, 6.45) is 0. The number of carbonyl (C=O) groups is 1. The Bertz CT molecular complexity index is 632. The molecule has 21 heavy (non-hydrogen) atoms. The minimum atomic E-state index is -0.442. The molecule has 0 bridgehead atoms. The van der Waals surface area contributed by atoms with E-state index in [1.54, 1.807) is 7.11 Å². The van der Waals surface area contributed by atoms with Crippen molar-refractivity contribution in [2.24, 2.45) is 0 Å². The molecule has 0 aromatic heterocycles. The van der Waals surface area contributed by atoms with Crippen molar-refractivity contribution >= 4 is 29.0 Å². The summed E-state index contributed by atoms with van der Waals surface area (Å²) in [5, 5.41) is 2.59. The minimum Gasteiger partial charge on any atom is -0.497 e. The summed E-state index contributed by atoms with van der Waals surface area (Å²) in [6.45, 7) is 0. The van der Waals surface area contributed by atoms with E-state index < -0.39 is 5.82 Å². The molecule has 0 fully saturated rings. The molecule has 2 aromatic rings. The molecule has 6 heteroatoms. The highest BCUT2D eigenvalue weighted by Gasteiger charge is 2.07. The van der Waals surface area contributed by atoms with Gasteiger partial charge in [0.2, 0.25) is 5.91 Å². The van der Waals surface area contributed by atoms with Gasteiger partial charge in [0.1, 0.15) is 11.6 Å². The summed E-state index contributed by atoms with van der Waals surface area (Å²) in [4.78, 5) is 12.8. The fourth-order valence-electron chi connectivity index (χ4n) is 1.64. The second kappa shape index (κ2) is 6.99. The SMILES string of the molecule is COc1ccc(SCC(=O)Nc2cc(F)ccc2N)cc1. The maximum absolute atomic E-state index is 13.1. The molecule has 1 amide bonds. The minimum absolute atomic E-state index is 0.211. The zero-order chi connectivity index (χ0) is 15.2. The molecule has 4 nitrogen and oxygen atoms in total. The molecule has 3 N–H and O–H groups in total. The van der Waals surface area contributed by atoms with E-state index in [1.165, 1.54) is 30.0 Å². The largest absolute Gasteiger partial charge is 0.497 e. The highest BCUT2D eigenvalue weighted by atomic mass is 32.2. The van der Waals surface area contributed by atoms with Gasteiger partial charge in [0.25, 0.3) is 0 Å². The highest BCUT2D eigenvalue weighted by Crippen LogP contribution is 2.23. The molecule has 0 aliphatic heterocycles. The van der Waals surface area contributed by atoms with E-state index in [4.69, 9.17) is 10.5 Å². The Hall–Kier alpha value is -2.21. The Morgan fingerprint density at radius 2 is 2.00 bits per heavy atom. The number of carbonyl (C=O) groups excluding carboxylic acids is 1. The summed E-state index contributed by atoms with van der Waals surface area (Å²) in [7, 11) is 1.60. The summed E-state index contributed by atoms with van der Waals surface area (Å²) < 4.78 is 18.2. The highest BCUT2D eigenvalue weighted by molar-refractivity contribution is 8.00. The van der Waals surface area contributed by atoms with Crippen molar-refractivity contribution in [3.8, 4) is 5.75 Å². The van der Waals surface area contributed by atoms with Crippen molar-refractivity contribution in [1.29, 1.82) is 0 Å². The van der Waals surface area contributed by atoms with E-state index in [1.807, 2.05) is 24.3 Å². The third kappa shape index (κ3) is 4.39. The van der Waals surface area contributed by atoms with Crippen LogP contribution in [0.15, 0.2) is 47.4 Å². The molecule has 0 heterocycles. The van der Waals surface area contributed by atoms with E-state index >= 15 is 0 Å². The fourth-order valence-corrected chi connectivity index (χ4v) is 2.34. The number of halogens is 1. The predicted molar refractivity (Wildman–Crippen MR) is 83.2 cm³/mol. The van der Waals surface area contributed by atoms with Gasteiger partial charge in [-0.3, -0.25) is 4.79 Å². The summed E-state index contributed by atoms with van der Waals surface area (Å²) >= 11 is 1.37. The summed E-state index contributed by atoms with van der Waals surface area (Å²) in [5.74, 6) is 0.286. The molecule has 0 aliphatic carbocycles. The van der Waals surface area contributed by atoms with Gasteiger partial charge in [-0.1, -0.05) is 0 Å². The van der Waals surface area contributed by atoms with Gasteiger partial charge in [-0.05, 0) is 42.5 Å². The number of thioether (sulfide) groups is 1. The smallest absolute Gasteiger partial charge is 0.234 e. The molecule has 0 aliphatic rings. The zero-order valence-corrected chi connectivity index (χ0v) is 12.2. The molecule has 0 spiro atoms. The number of hydrogen-bond donors (Lipinski definition) is 2. The Kier molecular flexibility index (Phi) is 5.05. The molecular weight excluding hydrogens is 291 g/mol. The fraction of sp³-hybridized carbons (Fsp3) is 0.133. The van der Waals surface area contributed by atoms with Gasteiger partial charge in [-0.15, -0.1) is 11.8 Å². The van der Waals surface area contributed by atoms with Crippen molar-refractivity contribution in [2.45, 2.75) is 4.90 Å². The lowest BCUT2D eigenvalue weighted by molar-refractivity contribution is -0.113. The Labute approximate surface area is 126 Å². The van der Waals surface area contributed by atoms with Crippen LogP contribution in [0.5, 0.6) is 5.75 Å². The predicted octanol–water partition coefficient (Wildman–Crippen LogP) is 3.15. The van der Waals surface area contributed by atoms with Crippen LogP contribution in [0.1, 0.15) is 0 Å². The second-order valence-electron chi connectivity index (χ2n) is 4.24. The van der Waals surface area contributed by atoms with Crippen LogP contribution in [0.25, 0.3) is 0 Å². The zero-order valence-electron chi connectivity index (χ0n) is 11.4. The van der Waals surface area contributed by atoms with Gasteiger partial charge < -0.3 is 15.8 Å². The molecule has 0 unspecified atom stereocenters. The lowest BCUT2D eigenvalue weighted by atomic mass is 10.2. The molecule has 2 rings (SSSR count). The van der Waals surface area contributed by atoms with Gasteiger partial charge in [-0.25, -0.2) is 4.39 Å². The van der Waals surface area contributed by atoms with Crippen LogP contribution >= 0.6 is 11.8 Å². The first kappa shape index (κ1) is 15.2. The van der Waals surface area contributed by atoms with Crippen LogP contribution in [-0.4, -0.2) is 18.8 Å². The van der Waals surface area contributed by atoms with Gasteiger partial charge in [0, 0.05) is 4.90 Å². The molecule has 2 aromatic carbocycles. The number of methoxy groups -OCH3 is 1. The number of hydrogen-bond acceptors (Lipinski definition) is 4. The van der Waals surface area contributed by atoms with E-state index in [0.29, 0.717) is 5.69 Å². The monoisotopic (exact) mass is 306 g/mol. The second-order valence-corrected chi connectivity index (χ2v) is 5.29. The number of nitrogens with one attached hydrogen (secondary N) is 1. The van der Waals surface area contributed by atoms with Crippen LogP contribution in [0, 0.1) is 5.82 Å². The lowest BCUT2D eigenvalue weighted by Crippen LogP contribution is -2.15.